The molecular weight excluding hydrogens is 236 g/mol. The molecule has 4 atom stereocenters. The summed E-state index contributed by atoms with van der Waals surface area (Å²) in [4.78, 5) is 11.9. The molecule has 100 valence electrons. The van der Waals surface area contributed by atoms with Crippen LogP contribution in [-0.2, 0) is 15.6 Å². The first-order chi connectivity index (χ1) is 8.02. The van der Waals surface area contributed by atoms with Gasteiger partial charge < -0.3 is 10.6 Å². The summed E-state index contributed by atoms with van der Waals surface area (Å²) in [5.74, 6) is 0.493. The van der Waals surface area contributed by atoms with Gasteiger partial charge in [-0.25, -0.2) is 0 Å². The largest absolute Gasteiger partial charge is 0.355 e. The molecule has 0 aromatic rings. The van der Waals surface area contributed by atoms with Crippen LogP contribution in [0.4, 0.5) is 0 Å². The zero-order chi connectivity index (χ0) is 12.8. The van der Waals surface area contributed by atoms with E-state index in [0.29, 0.717) is 12.5 Å². The Labute approximate surface area is 106 Å². The molecule has 0 radical (unpaired) electrons. The molecule has 5 heteroatoms. The van der Waals surface area contributed by atoms with Gasteiger partial charge in [-0.15, -0.1) is 0 Å². The quantitative estimate of drug-likeness (QED) is 0.763. The monoisotopic (exact) mass is 260 g/mol. The number of carbonyl (C=O) groups excluding carboxylic acids is 1. The van der Waals surface area contributed by atoms with Gasteiger partial charge in [0.05, 0.1) is 6.04 Å². The van der Waals surface area contributed by atoms with E-state index in [1.807, 2.05) is 6.92 Å². The first-order valence-corrected chi connectivity index (χ1v) is 7.97. The Morgan fingerprint density at radius 2 is 2.29 bits per heavy atom. The van der Waals surface area contributed by atoms with Crippen molar-refractivity contribution in [2.45, 2.75) is 44.4 Å². The highest BCUT2D eigenvalue weighted by Crippen LogP contribution is 2.15. The van der Waals surface area contributed by atoms with Gasteiger partial charge in [0.15, 0.2) is 0 Å². The third kappa shape index (κ3) is 4.76. The van der Waals surface area contributed by atoms with Crippen LogP contribution in [0.25, 0.3) is 0 Å². The average Bonchev–Trinajstić information content (AvgIpc) is 2.29. The van der Waals surface area contributed by atoms with Crippen molar-refractivity contribution in [3.8, 4) is 0 Å². The summed E-state index contributed by atoms with van der Waals surface area (Å²) in [5, 5.41) is 6.34. The fourth-order valence-corrected chi connectivity index (χ4v) is 2.52. The van der Waals surface area contributed by atoms with Gasteiger partial charge in [-0.1, -0.05) is 13.8 Å². The molecule has 1 rings (SSSR count). The van der Waals surface area contributed by atoms with Gasteiger partial charge in [0, 0.05) is 28.9 Å². The lowest BCUT2D eigenvalue weighted by Gasteiger charge is -2.29. The van der Waals surface area contributed by atoms with Crippen LogP contribution in [0.15, 0.2) is 0 Å². The van der Waals surface area contributed by atoms with E-state index in [-0.39, 0.29) is 17.2 Å². The number of amides is 1. The Balaban J connectivity index is 2.26. The molecule has 1 aliphatic rings. The van der Waals surface area contributed by atoms with Gasteiger partial charge in [0.25, 0.3) is 0 Å². The van der Waals surface area contributed by atoms with Gasteiger partial charge in [0.1, 0.15) is 0 Å². The van der Waals surface area contributed by atoms with Crippen molar-refractivity contribution in [3.63, 3.8) is 0 Å². The fourth-order valence-electron chi connectivity index (χ4n) is 2.08. The van der Waals surface area contributed by atoms with Crippen LogP contribution < -0.4 is 10.6 Å². The Bertz CT molecular complexity index is 284. The van der Waals surface area contributed by atoms with E-state index in [0.717, 1.165) is 25.8 Å². The van der Waals surface area contributed by atoms with Gasteiger partial charge >= 0.3 is 0 Å². The molecule has 2 N–H and O–H groups in total. The summed E-state index contributed by atoms with van der Waals surface area (Å²) < 4.78 is 11.2. The number of hydrogen-bond donors (Lipinski definition) is 2. The van der Waals surface area contributed by atoms with Crippen LogP contribution in [0, 0.1) is 5.92 Å². The molecule has 1 fully saturated rings. The molecule has 1 aliphatic heterocycles. The summed E-state index contributed by atoms with van der Waals surface area (Å²) in [6.45, 7) is 5.60. The highest BCUT2D eigenvalue weighted by atomic mass is 32.2. The van der Waals surface area contributed by atoms with Crippen molar-refractivity contribution < 1.29 is 9.00 Å². The zero-order valence-electron chi connectivity index (χ0n) is 11.0. The predicted octanol–water partition coefficient (Wildman–Crippen LogP) is 0.648. The molecule has 17 heavy (non-hydrogen) atoms. The minimum Gasteiger partial charge on any atom is -0.355 e. The van der Waals surface area contributed by atoms with E-state index in [9.17, 15) is 9.00 Å². The number of carbonyl (C=O) groups is 1. The van der Waals surface area contributed by atoms with E-state index in [2.05, 4.69) is 17.6 Å². The first kappa shape index (κ1) is 14.6. The molecule has 0 saturated carbocycles. The summed E-state index contributed by atoms with van der Waals surface area (Å²) in [5.41, 5.74) is 0. The lowest BCUT2D eigenvalue weighted by molar-refractivity contribution is -0.124. The van der Waals surface area contributed by atoms with Gasteiger partial charge in [-0.05, 0) is 31.7 Å². The Kier molecular flexibility index (Phi) is 6.12. The van der Waals surface area contributed by atoms with Crippen LogP contribution >= 0.6 is 0 Å². The number of hydrogen-bond acceptors (Lipinski definition) is 3. The number of rotatable bonds is 5. The molecule has 4 nitrogen and oxygen atoms in total. The molecule has 0 aromatic heterocycles. The third-order valence-corrected chi connectivity index (χ3v) is 4.84. The van der Waals surface area contributed by atoms with Gasteiger partial charge in [-0.3, -0.25) is 9.00 Å². The minimum absolute atomic E-state index is 0.0498. The van der Waals surface area contributed by atoms with E-state index in [1.54, 1.807) is 6.26 Å². The number of piperidine rings is 1. The van der Waals surface area contributed by atoms with Crippen LogP contribution in [0.3, 0.4) is 0 Å². The molecule has 0 bridgehead atoms. The Hall–Kier alpha value is -0.420. The topological polar surface area (TPSA) is 58.2 Å². The summed E-state index contributed by atoms with van der Waals surface area (Å²) >= 11 is 0. The van der Waals surface area contributed by atoms with Crippen molar-refractivity contribution in [3.05, 3.63) is 0 Å². The third-order valence-electron chi connectivity index (χ3n) is 3.47. The first-order valence-electron chi connectivity index (χ1n) is 6.35. The van der Waals surface area contributed by atoms with Gasteiger partial charge in [-0.2, -0.15) is 0 Å². The molecule has 1 saturated heterocycles. The molecule has 1 heterocycles. The Morgan fingerprint density at radius 1 is 1.59 bits per heavy atom. The standard InChI is InChI=1S/C12H24N2O2S/c1-9-5-4-7-13-11(9)12(15)14-8-6-10(2)17(3)16/h9-11,13H,4-8H2,1-3H3,(H,14,15). The van der Waals surface area contributed by atoms with Crippen molar-refractivity contribution in [2.24, 2.45) is 5.92 Å². The zero-order valence-corrected chi connectivity index (χ0v) is 11.8. The van der Waals surface area contributed by atoms with Crippen LogP contribution in [-0.4, -0.2) is 40.8 Å². The maximum Gasteiger partial charge on any atom is 0.237 e. The second-order valence-electron chi connectivity index (χ2n) is 4.94. The van der Waals surface area contributed by atoms with E-state index in [1.165, 1.54) is 0 Å². The van der Waals surface area contributed by atoms with Gasteiger partial charge in [0.2, 0.25) is 5.91 Å². The van der Waals surface area contributed by atoms with Crippen molar-refractivity contribution in [1.82, 2.24) is 10.6 Å². The number of nitrogens with one attached hydrogen (secondary N) is 2. The van der Waals surface area contributed by atoms with Crippen molar-refractivity contribution in [2.75, 3.05) is 19.3 Å². The lowest BCUT2D eigenvalue weighted by atomic mass is 9.92. The van der Waals surface area contributed by atoms with E-state index < -0.39 is 10.8 Å². The summed E-state index contributed by atoms with van der Waals surface area (Å²) in [6.07, 6.45) is 4.74. The predicted molar refractivity (Wildman–Crippen MR) is 71.3 cm³/mol. The molecule has 1 amide bonds. The summed E-state index contributed by atoms with van der Waals surface area (Å²) in [7, 11) is -0.804. The highest BCUT2D eigenvalue weighted by Gasteiger charge is 2.26. The molecular formula is C12H24N2O2S. The smallest absolute Gasteiger partial charge is 0.237 e. The second-order valence-corrected chi connectivity index (χ2v) is 6.74. The maximum absolute atomic E-state index is 11.9. The van der Waals surface area contributed by atoms with Crippen LogP contribution in [0.2, 0.25) is 0 Å². The molecule has 0 spiro atoms. The molecule has 0 aliphatic carbocycles. The van der Waals surface area contributed by atoms with Crippen molar-refractivity contribution in [1.29, 1.82) is 0 Å². The lowest BCUT2D eigenvalue weighted by Crippen LogP contribution is -2.51. The van der Waals surface area contributed by atoms with E-state index in [4.69, 9.17) is 0 Å². The van der Waals surface area contributed by atoms with E-state index >= 15 is 0 Å². The second kappa shape index (κ2) is 7.11. The minimum atomic E-state index is -0.804. The maximum atomic E-state index is 11.9. The normalized spacial score (nSPS) is 28.4. The molecule has 4 unspecified atom stereocenters. The summed E-state index contributed by atoms with van der Waals surface area (Å²) in [6, 6.07) is -0.0498. The SMILES string of the molecule is CC1CCCNC1C(=O)NCCC(C)S(C)=O. The van der Waals surface area contributed by atoms with Crippen LogP contribution in [0.5, 0.6) is 0 Å². The average molecular weight is 260 g/mol. The Morgan fingerprint density at radius 3 is 2.88 bits per heavy atom. The van der Waals surface area contributed by atoms with Crippen molar-refractivity contribution >= 4 is 16.7 Å². The highest BCUT2D eigenvalue weighted by molar-refractivity contribution is 7.84. The van der Waals surface area contributed by atoms with Crippen LogP contribution in [0.1, 0.15) is 33.1 Å². The fraction of sp³-hybridized carbons (Fsp3) is 0.917. The molecule has 0 aromatic carbocycles.